The van der Waals surface area contributed by atoms with Crippen molar-refractivity contribution in [3.8, 4) is 23.0 Å². The van der Waals surface area contributed by atoms with Crippen molar-refractivity contribution < 1.29 is 23.8 Å². The third kappa shape index (κ3) is 5.63. The van der Waals surface area contributed by atoms with E-state index in [-0.39, 0.29) is 23.5 Å². The highest BCUT2D eigenvalue weighted by Crippen LogP contribution is 2.43. The zero-order valence-corrected chi connectivity index (χ0v) is 21.8. The molecule has 3 aromatic carbocycles. The van der Waals surface area contributed by atoms with Crippen molar-refractivity contribution in [2.45, 2.75) is 39.2 Å². The maximum Gasteiger partial charge on any atom is 0.207 e. The lowest BCUT2D eigenvalue weighted by Crippen LogP contribution is -2.25. The summed E-state index contributed by atoms with van der Waals surface area (Å²) in [5.41, 5.74) is 0.966. The van der Waals surface area contributed by atoms with Crippen LogP contribution < -0.4 is 9.47 Å². The highest BCUT2D eigenvalue weighted by molar-refractivity contribution is 7.21. The topological polar surface area (TPSA) is 59.0 Å². The molecule has 0 radical (unpaired) electrons. The maximum atomic E-state index is 13.6. The first-order valence-electron chi connectivity index (χ1n) is 12.6. The van der Waals surface area contributed by atoms with Crippen LogP contribution in [0.5, 0.6) is 23.0 Å². The van der Waals surface area contributed by atoms with Crippen LogP contribution in [0.1, 0.15) is 47.0 Å². The molecule has 0 spiro atoms. The van der Waals surface area contributed by atoms with Crippen LogP contribution in [0.2, 0.25) is 0 Å². The second kappa shape index (κ2) is 10.9. The van der Waals surface area contributed by atoms with E-state index in [0.29, 0.717) is 27.5 Å². The summed E-state index contributed by atoms with van der Waals surface area (Å²) in [6.07, 6.45) is 3.60. The maximum absolute atomic E-state index is 13.6. The van der Waals surface area contributed by atoms with Crippen LogP contribution in [0, 0.1) is 12.7 Å². The summed E-state index contributed by atoms with van der Waals surface area (Å²) < 4.78 is 26.8. The highest BCUT2D eigenvalue weighted by atomic mass is 32.1. The molecule has 5 rings (SSSR count). The number of carbonyl (C=O) groups excluding carboxylic acids is 1. The summed E-state index contributed by atoms with van der Waals surface area (Å²) in [7, 11) is 0. The van der Waals surface area contributed by atoms with Crippen LogP contribution in [0.15, 0.2) is 60.7 Å². The fourth-order valence-electron chi connectivity index (χ4n) is 4.69. The van der Waals surface area contributed by atoms with E-state index in [1.165, 1.54) is 42.4 Å². The quantitative estimate of drug-likeness (QED) is 0.235. The van der Waals surface area contributed by atoms with Crippen LogP contribution in [-0.2, 0) is 0 Å². The third-order valence-electron chi connectivity index (χ3n) is 6.67. The molecule has 37 heavy (non-hydrogen) atoms. The Morgan fingerprint density at radius 3 is 2.65 bits per heavy atom. The lowest BCUT2D eigenvalue weighted by molar-refractivity contribution is 0.104. The standard InChI is InChI=1S/C30H30FNO4S/c1-3-4-14-32-15-13-24(18-32)35-22-7-9-23(10-8-22)36-29-26-12-6-21(33)17-27(26)37-30(29)28(34)25-11-5-20(31)16-19(25)2/h5-12,16-17,24,33H,3-4,13-15,18H2,1-2H3/t24-/m1/s1. The molecular formula is C30H30FNO4S. The summed E-state index contributed by atoms with van der Waals surface area (Å²) >= 11 is 1.25. The minimum atomic E-state index is -0.389. The first-order chi connectivity index (χ1) is 17.9. The Labute approximate surface area is 220 Å². The number of ether oxygens (including phenoxy) is 2. The predicted octanol–water partition coefficient (Wildman–Crippen LogP) is 7.33. The first-order valence-corrected chi connectivity index (χ1v) is 13.5. The van der Waals surface area contributed by atoms with Crippen LogP contribution in [0.25, 0.3) is 10.1 Å². The van der Waals surface area contributed by atoms with Crippen molar-refractivity contribution in [1.82, 2.24) is 4.90 Å². The molecule has 1 aliphatic rings. The van der Waals surface area contributed by atoms with Gasteiger partial charge in [-0.25, -0.2) is 4.39 Å². The lowest BCUT2D eigenvalue weighted by Gasteiger charge is -2.16. The van der Waals surface area contributed by atoms with E-state index in [2.05, 4.69) is 11.8 Å². The fraction of sp³-hybridized carbons (Fsp3) is 0.300. The monoisotopic (exact) mass is 519 g/mol. The van der Waals surface area contributed by atoms with E-state index >= 15 is 0 Å². The third-order valence-corrected chi connectivity index (χ3v) is 7.80. The van der Waals surface area contributed by atoms with Gasteiger partial charge in [-0.1, -0.05) is 13.3 Å². The number of likely N-dealkylation sites (tertiary alicyclic amines) is 1. The molecule has 0 bridgehead atoms. The van der Waals surface area contributed by atoms with E-state index in [0.717, 1.165) is 41.9 Å². The van der Waals surface area contributed by atoms with Gasteiger partial charge in [0.1, 0.15) is 34.0 Å². The summed E-state index contributed by atoms with van der Waals surface area (Å²) in [5, 5.41) is 10.7. The van der Waals surface area contributed by atoms with Gasteiger partial charge in [-0.15, -0.1) is 11.3 Å². The average molecular weight is 520 g/mol. The summed E-state index contributed by atoms with van der Waals surface area (Å²) in [5.74, 6) is 1.25. The molecule has 1 aliphatic heterocycles. The molecule has 0 unspecified atom stereocenters. The molecule has 0 saturated carbocycles. The van der Waals surface area contributed by atoms with Gasteiger partial charge < -0.3 is 14.6 Å². The van der Waals surface area contributed by atoms with Gasteiger partial charge in [0.05, 0.1) is 0 Å². The number of fused-ring (bicyclic) bond motifs is 1. The summed E-state index contributed by atoms with van der Waals surface area (Å²) in [6.45, 7) is 7.05. The van der Waals surface area contributed by atoms with Gasteiger partial charge >= 0.3 is 0 Å². The molecule has 7 heteroatoms. The number of unbranched alkanes of at least 4 members (excludes halogenated alkanes) is 1. The molecule has 1 fully saturated rings. The number of ketones is 1. The number of nitrogens with zero attached hydrogens (tertiary/aromatic N) is 1. The number of phenols is 1. The van der Waals surface area contributed by atoms with Crippen molar-refractivity contribution >= 4 is 27.2 Å². The molecule has 1 aromatic heterocycles. The SMILES string of the molecule is CCCCN1CC[C@@H](Oc2ccc(Oc3c(C(=O)c4ccc(F)cc4C)sc4cc(O)ccc34)cc2)C1. The van der Waals surface area contributed by atoms with E-state index in [4.69, 9.17) is 9.47 Å². The molecule has 1 saturated heterocycles. The minimum Gasteiger partial charge on any atom is -0.508 e. The first kappa shape index (κ1) is 25.2. The Morgan fingerprint density at radius 1 is 1.11 bits per heavy atom. The Bertz CT molecular complexity index is 1420. The van der Waals surface area contributed by atoms with Crippen LogP contribution in [0.4, 0.5) is 4.39 Å². The van der Waals surface area contributed by atoms with E-state index in [9.17, 15) is 14.3 Å². The Kier molecular flexibility index (Phi) is 7.44. The molecule has 0 aliphatic carbocycles. The van der Waals surface area contributed by atoms with Gasteiger partial charge in [0.2, 0.25) is 5.78 Å². The Balaban J connectivity index is 1.38. The number of rotatable bonds is 9. The fourth-order valence-corrected chi connectivity index (χ4v) is 5.81. The molecule has 1 atom stereocenters. The van der Waals surface area contributed by atoms with Crippen molar-refractivity contribution in [3.63, 3.8) is 0 Å². The number of phenolic OH excluding ortho intramolecular Hbond substituents is 1. The molecule has 192 valence electrons. The number of aryl methyl sites for hydroxylation is 1. The number of hydrogen-bond acceptors (Lipinski definition) is 6. The van der Waals surface area contributed by atoms with Gasteiger partial charge in [0.25, 0.3) is 0 Å². The summed E-state index contributed by atoms with van der Waals surface area (Å²) in [6, 6.07) is 16.5. The van der Waals surface area contributed by atoms with Gasteiger partial charge in [-0.3, -0.25) is 9.69 Å². The van der Waals surface area contributed by atoms with Gasteiger partial charge in [0, 0.05) is 28.7 Å². The molecule has 2 heterocycles. The zero-order valence-electron chi connectivity index (χ0n) is 21.0. The number of thiophene rings is 1. The molecule has 1 N–H and O–H groups in total. The molecule has 5 nitrogen and oxygen atoms in total. The van der Waals surface area contributed by atoms with E-state index in [1.807, 2.05) is 24.3 Å². The number of hydrogen-bond donors (Lipinski definition) is 1. The van der Waals surface area contributed by atoms with Crippen molar-refractivity contribution in [3.05, 3.63) is 82.5 Å². The minimum absolute atomic E-state index is 0.110. The Morgan fingerprint density at radius 2 is 1.89 bits per heavy atom. The number of carbonyl (C=O) groups is 1. The average Bonchev–Trinajstić information content (AvgIpc) is 3.47. The molecule has 0 amide bonds. The van der Waals surface area contributed by atoms with Gasteiger partial charge in [0.15, 0.2) is 5.75 Å². The molecular weight excluding hydrogens is 489 g/mol. The van der Waals surface area contributed by atoms with Crippen LogP contribution >= 0.6 is 11.3 Å². The summed E-state index contributed by atoms with van der Waals surface area (Å²) in [4.78, 5) is 16.4. The van der Waals surface area contributed by atoms with E-state index < -0.39 is 0 Å². The van der Waals surface area contributed by atoms with Crippen molar-refractivity contribution in [1.29, 1.82) is 0 Å². The van der Waals surface area contributed by atoms with Crippen molar-refractivity contribution in [2.75, 3.05) is 19.6 Å². The normalized spacial score (nSPS) is 15.8. The Hall–Kier alpha value is -3.42. The van der Waals surface area contributed by atoms with Crippen LogP contribution in [-0.4, -0.2) is 41.5 Å². The lowest BCUT2D eigenvalue weighted by atomic mass is 10.0. The number of benzene rings is 3. The van der Waals surface area contributed by atoms with Crippen LogP contribution in [0.3, 0.4) is 0 Å². The predicted molar refractivity (Wildman–Crippen MR) is 145 cm³/mol. The van der Waals surface area contributed by atoms with Gasteiger partial charge in [-0.2, -0.15) is 0 Å². The van der Waals surface area contributed by atoms with Crippen molar-refractivity contribution in [2.24, 2.45) is 0 Å². The second-order valence-electron chi connectivity index (χ2n) is 9.49. The van der Waals surface area contributed by atoms with Gasteiger partial charge in [-0.05, 0) is 92.5 Å². The number of halogens is 1. The molecule has 4 aromatic rings. The smallest absolute Gasteiger partial charge is 0.207 e. The van der Waals surface area contributed by atoms with E-state index in [1.54, 1.807) is 25.1 Å². The highest BCUT2D eigenvalue weighted by Gasteiger charge is 2.25. The zero-order chi connectivity index (χ0) is 25.9. The largest absolute Gasteiger partial charge is 0.508 e. The second-order valence-corrected chi connectivity index (χ2v) is 10.5. The number of aromatic hydroxyl groups is 1.